The van der Waals surface area contributed by atoms with Crippen molar-refractivity contribution < 1.29 is 18.4 Å². The molecule has 0 aliphatic carbocycles. The molecule has 0 atom stereocenters. The van der Waals surface area contributed by atoms with Crippen molar-refractivity contribution >= 4 is 23.2 Å². The average molecular weight is 405 g/mol. The number of aromatic nitrogens is 3. The fourth-order valence-corrected chi connectivity index (χ4v) is 2.82. The summed E-state index contributed by atoms with van der Waals surface area (Å²) in [6, 6.07) is 12.2. The fraction of sp³-hybridized carbons (Fsp3) is 0.0476. The van der Waals surface area contributed by atoms with Crippen LogP contribution in [0, 0.1) is 12.7 Å². The number of halogens is 1. The number of anilines is 2. The number of hydrogen-bond acceptors (Lipinski definition) is 5. The molecule has 0 aliphatic rings. The van der Waals surface area contributed by atoms with E-state index in [0.29, 0.717) is 22.6 Å². The molecule has 9 heteroatoms. The number of hydrogen-bond donors (Lipinski definition) is 2. The molecule has 2 aromatic carbocycles. The highest BCUT2D eigenvalue weighted by molar-refractivity contribution is 6.06. The SMILES string of the molecule is Cc1occc1C(=O)Nc1cc(NC(=O)c2ccc(-n3cncn3)cc2)ccc1F. The Morgan fingerprint density at radius 3 is 2.50 bits per heavy atom. The van der Waals surface area contributed by atoms with Gasteiger partial charge in [0.25, 0.3) is 11.8 Å². The summed E-state index contributed by atoms with van der Waals surface area (Å²) >= 11 is 0. The highest BCUT2D eigenvalue weighted by atomic mass is 19.1. The molecule has 0 spiro atoms. The maximum atomic E-state index is 14.1. The van der Waals surface area contributed by atoms with Gasteiger partial charge >= 0.3 is 0 Å². The Balaban J connectivity index is 1.48. The Bertz CT molecular complexity index is 1200. The van der Waals surface area contributed by atoms with Crippen LogP contribution in [0.5, 0.6) is 0 Å². The lowest BCUT2D eigenvalue weighted by molar-refractivity contribution is 0.101. The van der Waals surface area contributed by atoms with Gasteiger partial charge < -0.3 is 15.1 Å². The van der Waals surface area contributed by atoms with E-state index in [1.165, 1.54) is 36.9 Å². The van der Waals surface area contributed by atoms with Gasteiger partial charge in [0.2, 0.25) is 0 Å². The van der Waals surface area contributed by atoms with Gasteiger partial charge in [0.1, 0.15) is 24.2 Å². The molecular formula is C21H16FN5O3. The smallest absolute Gasteiger partial charge is 0.259 e. The van der Waals surface area contributed by atoms with Gasteiger partial charge in [0, 0.05) is 11.3 Å². The summed E-state index contributed by atoms with van der Waals surface area (Å²) in [6.45, 7) is 1.63. The lowest BCUT2D eigenvalue weighted by Gasteiger charge is -2.10. The van der Waals surface area contributed by atoms with Crippen LogP contribution in [0.2, 0.25) is 0 Å². The normalized spacial score (nSPS) is 10.6. The number of aryl methyl sites for hydroxylation is 1. The third-order valence-electron chi connectivity index (χ3n) is 4.39. The molecule has 30 heavy (non-hydrogen) atoms. The molecule has 0 aliphatic heterocycles. The van der Waals surface area contributed by atoms with E-state index in [1.54, 1.807) is 42.2 Å². The summed E-state index contributed by atoms with van der Waals surface area (Å²) in [4.78, 5) is 28.7. The Morgan fingerprint density at radius 2 is 1.83 bits per heavy atom. The van der Waals surface area contributed by atoms with Crippen LogP contribution in [0.3, 0.4) is 0 Å². The van der Waals surface area contributed by atoms with Gasteiger partial charge in [-0.2, -0.15) is 5.10 Å². The van der Waals surface area contributed by atoms with Gasteiger partial charge in [-0.15, -0.1) is 0 Å². The topological polar surface area (TPSA) is 102 Å². The third kappa shape index (κ3) is 3.95. The number of benzene rings is 2. The summed E-state index contributed by atoms with van der Waals surface area (Å²) in [6.07, 6.45) is 4.35. The minimum Gasteiger partial charge on any atom is -0.469 e. The van der Waals surface area contributed by atoms with Gasteiger partial charge in [-0.25, -0.2) is 14.1 Å². The minimum absolute atomic E-state index is 0.0556. The van der Waals surface area contributed by atoms with E-state index in [-0.39, 0.29) is 11.6 Å². The zero-order chi connectivity index (χ0) is 21.1. The van der Waals surface area contributed by atoms with Gasteiger partial charge in [-0.3, -0.25) is 9.59 Å². The van der Waals surface area contributed by atoms with Crippen molar-refractivity contribution in [1.29, 1.82) is 0 Å². The van der Waals surface area contributed by atoms with Gasteiger partial charge in [-0.05, 0) is 55.5 Å². The molecule has 2 amide bonds. The van der Waals surface area contributed by atoms with Crippen LogP contribution in [0.1, 0.15) is 26.5 Å². The molecule has 4 aromatic rings. The van der Waals surface area contributed by atoms with Crippen LogP contribution in [0.4, 0.5) is 15.8 Å². The number of carbonyl (C=O) groups excluding carboxylic acids is 2. The first-order valence-electron chi connectivity index (χ1n) is 8.92. The second-order valence-electron chi connectivity index (χ2n) is 6.38. The summed E-state index contributed by atoms with van der Waals surface area (Å²) in [5.41, 5.74) is 1.74. The molecule has 2 heterocycles. The lowest BCUT2D eigenvalue weighted by atomic mass is 10.2. The van der Waals surface area contributed by atoms with Gasteiger partial charge in [0.05, 0.1) is 23.2 Å². The number of carbonyl (C=O) groups is 2. The molecule has 0 bridgehead atoms. The predicted octanol–water partition coefficient (Wildman–Crippen LogP) is 3.81. The molecule has 0 radical (unpaired) electrons. The average Bonchev–Trinajstić information content (AvgIpc) is 3.42. The number of rotatable bonds is 5. The predicted molar refractivity (Wildman–Crippen MR) is 107 cm³/mol. The van der Waals surface area contributed by atoms with E-state index in [2.05, 4.69) is 20.7 Å². The van der Waals surface area contributed by atoms with Gasteiger partial charge in [0.15, 0.2) is 0 Å². The Hall–Kier alpha value is -4.27. The van der Waals surface area contributed by atoms with Crippen LogP contribution in [0.25, 0.3) is 5.69 Å². The third-order valence-corrected chi connectivity index (χ3v) is 4.39. The molecule has 150 valence electrons. The molecule has 8 nitrogen and oxygen atoms in total. The quantitative estimate of drug-likeness (QED) is 0.526. The first kappa shape index (κ1) is 19.1. The van der Waals surface area contributed by atoms with Gasteiger partial charge in [-0.1, -0.05) is 0 Å². The number of nitrogens with zero attached hydrogens (tertiary/aromatic N) is 3. The lowest BCUT2D eigenvalue weighted by Crippen LogP contribution is -2.15. The van der Waals surface area contributed by atoms with Crippen LogP contribution >= 0.6 is 0 Å². The second-order valence-corrected chi connectivity index (χ2v) is 6.38. The molecule has 2 N–H and O–H groups in total. The number of furan rings is 1. The van der Waals surface area contributed by atoms with Crippen molar-refractivity contribution in [1.82, 2.24) is 14.8 Å². The molecule has 0 fully saturated rings. The summed E-state index contributed by atoms with van der Waals surface area (Å²) in [7, 11) is 0. The van der Waals surface area contributed by atoms with Crippen LogP contribution in [-0.4, -0.2) is 26.6 Å². The van der Waals surface area contributed by atoms with Crippen LogP contribution in [0.15, 0.2) is 71.9 Å². The van der Waals surface area contributed by atoms with Crippen molar-refractivity contribution in [2.24, 2.45) is 0 Å². The Morgan fingerprint density at radius 1 is 1.03 bits per heavy atom. The highest BCUT2D eigenvalue weighted by Gasteiger charge is 2.15. The fourth-order valence-electron chi connectivity index (χ4n) is 2.82. The molecular weight excluding hydrogens is 389 g/mol. The molecule has 0 unspecified atom stereocenters. The minimum atomic E-state index is -0.625. The second kappa shape index (κ2) is 8.00. The Labute approximate surface area is 170 Å². The summed E-state index contributed by atoms with van der Waals surface area (Å²) < 4.78 is 20.8. The van der Waals surface area contributed by atoms with E-state index in [0.717, 1.165) is 5.69 Å². The largest absolute Gasteiger partial charge is 0.469 e. The standard InChI is InChI=1S/C21H16FN5O3/c1-13-17(8-9-30-13)21(29)26-19-10-15(4-7-18(19)22)25-20(28)14-2-5-16(6-3-14)27-12-23-11-24-27/h2-12H,1H3,(H,25,28)(H,26,29). The number of nitrogens with one attached hydrogen (secondary N) is 2. The van der Waals surface area contributed by atoms with Crippen molar-refractivity contribution in [2.45, 2.75) is 6.92 Å². The summed E-state index contributed by atoms with van der Waals surface area (Å²) in [5.74, 6) is -1.09. The van der Waals surface area contributed by atoms with E-state index >= 15 is 0 Å². The molecule has 4 rings (SSSR count). The van der Waals surface area contributed by atoms with E-state index in [9.17, 15) is 14.0 Å². The monoisotopic (exact) mass is 405 g/mol. The maximum absolute atomic E-state index is 14.1. The van der Waals surface area contributed by atoms with Crippen LogP contribution < -0.4 is 10.6 Å². The zero-order valence-electron chi connectivity index (χ0n) is 15.8. The molecule has 2 aromatic heterocycles. The Kier molecular flexibility index (Phi) is 5.08. The van der Waals surface area contributed by atoms with Crippen molar-refractivity contribution in [3.63, 3.8) is 0 Å². The maximum Gasteiger partial charge on any atom is 0.259 e. The van der Waals surface area contributed by atoms with E-state index in [1.807, 2.05) is 0 Å². The number of amides is 2. The highest BCUT2D eigenvalue weighted by Crippen LogP contribution is 2.22. The first-order chi connectivity index (χ1) is 14.5. The van der Waals surface area contributed by atoms with E-state index < -0.39 is 11.7 Å². The van der Waals surface area contributed by atoms with Crippen molar-refractivity contribution in [3.8, 4) is 5.69 Å². The molecule has 0 saturated heterocycles. The van der Waals surface area contributed by atoms with Crippen LogP contribution in [-0.2, 0) is 0 Å². The van der Waals surface area contributed by atoms with E-state index in [4.69, 9.17) is 4.42 Å². The molecule has 0 saturated carbocycles. The zero-order valence-corrected chi connectivity index (χ0v) is 15.8. The van der Waals surface area contributed by atoms with Crippen molar-refractivity contribution in [2.75, 3.05) is 10.6 Å². The first-order valence-corrected chi connectivity index (χ1v) is 8.92. The summed E-state index contributed by atoms with van der Waals surface area (Å²) in [5, 5.41) is 9.20. The van der Waals surface area contributed by atoms with Crippen molar-refractivity contribution in [3.05, 3.63) is 90.2 Å².